The molecule has 1 saturated heterocycles. The van der Waals surface area contributed by atoms with Crippen LogP contribution in [0.4, 0.5) is 0 Å². The number of rotatable bonds is 1. The van der Waals surface area contributed by atoms with Crippen molar-refractivity contribution in [3.05, 3.63) is 0 Å². The Bertz CT molecular complexity index is 117. The molecule has 0 aromatic heterocycles. The van der Waals surface area contributed by atoms with Gasteiger partial charge >= 0.3 is 0 Å². The Morgan fingerprint density at radius 3 is 2.45 bits per heavy atom. The standard InChI is InChI=1S/C8H17NO2/c1-6-4-7(9(2)3)5-8(10)11-6/h6-8,10H,4-5H2,1-3H3/t6?,7-,8?/m0/s1. The molecule has 0 aromatic carbocycles. The van der Waals surface area contributed by atoms with Crippen molar-refractivity contribution in [3.8, 4) is 0 Å². The molecule has 1 heterocycles. The topological polar surface area (TPSA) is 32.7 Å². The van der Waals surface area contributed by atoms with E-state index in [1.165, 1.54) is 0 Å². The molecule has 0 aromatic rings. The summed E-state index contributed by atoms with van der Waals surface area (Å²) in [7, 11) is 4.07. The van der Waals surface area contributed by atoms with E-state index in [4.69, 9.17) is 4.74 Å². The molecular formula is C8H17NO2. The molecule has 1 fully saturated rings. The fourth-order valence-electron chi connectivity index (χ4n) is 1.51. The van der Waals surface area contributed by atoms with Crippen molar-refractivity contribution in [2.45, 2.75) is 38.2 Å². The Balaban J connectivity index is 2.43. The Labute approximate surface area is 68.0 Å². The minimum atomic E-state index is -0.564. The van der Waals surface area contributed by atoms with Crippen molar-refractivity contribution < 1.29 is 9.84 Å². The first kappa shape index (κ1) is 8.97. The van der Waals surface area contributed by atoms with Crippen LogP contribution in [-0.4, -0.2) is 42.5 Å². The largest absolute Gasteiger partial charge is 0.368 e. The van der Waals surface area contributed by atoms with Crippen LogP contribution in [-0.2, 0) is 4.74 Å². The van der Waals surface area contributed by atoms with Crippen LogP contribution in [0.15, 0.2) is 0 Å². The number of hydrogen-bond acceptors (Lipinski definition) is 3. The summed E-state index contributed by atoms with van der Waals surface area (Å²) in [5, 5.41) is 9.25. The van der Waals surface area contributed by atoms with E-state index >= 15 is 0 Å². The SMILES string of the molecule is CC1C[C@H](N(C)C)CC(O)O1. The van der Waals surface area contributed by atoms with Crippen molar-refractivity contribution in [2.75, 3.05) is 14.1 Å². The molecule has 0 amide bonds. The molecule has 0 saturated carbocycles. The number of aliphatic hydroxyl groups is 1. The molecule has 0 bridgehead atoms. The Morgan fingerprint density at radius 1 is 1.36 bits per heavy atom. The summed E-state index contributed by atoms with van der Waals surface area (Å²) in [5.41, 5.74) is 0. The van der Waals surface area contributed by atoms with Gasteiger partial charge in [0.1, 0.15) is 0 Å². The summed E-state index contributed by atoms with van der Waals surface area (Å²) < 4.78 is 5.20. The lowest BCUT2D eigenvalue weighted by Gasteiger charge is -2.34. The molecule has 11 heavy (non-hydrogen) atoms. The quantitative estimate of drug-likeness (QED) is 0.602. The van der Waals surface area contributed by atoms with Gasteiger partial charge in [0.2, 0.25) is 0 Å². The van der Waals surface area contributed by atoms with Crippen LogP contribution in [0.25, 0.3) is 0 Å². The third-order valence-corrected chi connectivity index (χ3v) is 2.20. The lowest BCUT2D eigenvalue weighted by atomic mass is 10.0. The maximum atomic E-state index is 9.25. The molecule has 1 aliphatic rings. The first-order chi connectivity index (χ1) is 5.09. The molecule has 3 nitrogen and oxygen atoms in total. The Hall–Kier alpha value is -0.120. The smallest absolute Gasteiger partial charge is 0.156 e. The minimum absolute atomic E-state index is 0.186. The van der Waals surface area contributed by atoms with E-state index in [0.717, 1.165) is 12.8 Å². The van der Waals surface area contributed by atoms with Crippen LogP contribution in [0.3, 0.4) is 0 Å². The molecule has 0 aliphatic carbocycles. The monoisotopic (exact) mass is 159 g/mol. The molecule has 2 unspecified atom stereocenters. The van der Waals surface area contributed by atoms with Crippen molar-refractivity contribution in [2.24, 2.45) is 0 Å². The van der Waals surface area contributed by atoms with Gasteiger partial charge in [-0.1, -0.05) is 0 Å². The summed E-state index contributed by atoms with van der Waals surface area (Å²) >= 11 is 0. The molecular weight excluding hydrogens is 142 g/mol. The van der Waals surface area contributed by atoms with E-state index in [2.05, 4.69) is 4.90 Å². The summed E-state index contributed by atoms with van der Waals surface area (Å²) in [6.45, 7) is 2.00. The van der Waals surface area contributed by atoms with Crippen molar-refractivity contribution in [3.63, 3.8) is 0 Å². The van der Waals surface area contributed by atoms with Crippen LogP contribution >= 0.6 is 0 Å². The van der Waals surface area contributed by atoms with Crippen molar-refractivity contribution >= 4 is 0 Å². The van der Waals surface area contributed by atoms with Gasteiger partial charge in [-0.05, 0) is 27.4 Å². The lowest BCUT2D eigenvalue weighted by molar-refractivity contribution is -0.172. The van der Waals surface area contributed by atoms with Gasteiger partial charge in [-0.2, -0.15) is 0 Å². The first-order valence-corrected chi connectivity index (χ1v) is 4.09. The van der Waals surface area contributed by atoms with Crippen LogP contribution < -0.4 is 0 Å². The Kier molecular flexibility index (Phi) is 2.87. The molecule has 0 radical (unpaired) electrons. The summed E-state index contributed by atoms with van der Waals surface area (Å²) in [5.74, 6) is 0. The average Bonchev–Trinajstić information content (AvgIpc) is 1.85. The summed E-state index contributed by atoms with van der Waals surface area (Å²) in [6, 6.07) is 0.466. The zero-order chi connectivity index (χ0) is 8.43. The van der Waals surface area contributed by atoms with Gasteiger partial charge in [-0.3, -0.25) is 0 Å². The van der Waals surface area contributed by atoms with E-state index in [9.17, 15) is 5.11 Å². The van der Waals surface area contributed by atoms with Crippen molar-refractivity contribution in [1.29, 1.82) is 0 Å². The number of ether oxygens (including phenoxy) is 1. The summed E-state index contributed by atoms with van der Waals surface area (Å²) in [4.78, 5) is 2.14. The van der Waals surface area contributed by atoms with Crippen LogP contribution in [0.2, 0.25) is 0 Å². The minimum Gasteiger partial charge on any atom is -0.368 e. The van der Waals surface area contributed by atoms with Gasteiger partial charge in [0, 0.05) is 12.5 Å². The van der Waals surface area contributed by atoms with Gasteiger partial charge < -0.3 is 14.7 Å². The van der Waals surface area contributed by atoms with Crippen LogP contribution in [0, 0.1) is 0 Å². The predicted octanol–water partition coefficient (Wildman–Crippen LogP) is 0.434. The maximum absolute atomic E-state index is 9.25. The van der Waals surface area contributed by atoms with Gasteiger partial charge in [0.25, 0.3) is 0 Å². The van der Waals surface area contributed by atoms with E-state index in [-0.39, 0.29) is 6.10 Å². The number of aliphatic hydroxyl groups excluding tert-OH is 1. The molecule has 66 valence electrons. The zero-order valence-electron chi connectivity index (χ0n) is 7.45. The molecule has 1 aliphatic heterocycles. The molecule has 3 atom stereocenters. The second-order valence-corrected chi connectivity index (χ2v) is 3.49. The number of hydrogen-bond donors (Lipinski definition) is 1. The third-order valence-electron chi connectivity index (χ3n) is 2.20. The second kappa shape index (κ2) is 3.52. The molecule has 1 N–H and O–H groups in total. The second-order valence-electron chi connectivity index (χ2n) is 3.49. The third kappa shape index (κ3) is 2.43. The van der Waals surface area contributed by atoms with E-state index in [1.54, 1.807) is 0 Å². The summed E-state index contributed by atoms with van der Waals surface area (Å²) in [6.07, 6.45) is 1.37. The maximum Gasteiger partial charge on any atom is 0.156 e. The van der Waals surface area contributed by atoms with Crippen LogP contribution in [0.5, 0.6) is 0 Å². The highest BCUT2D eigenvalue weighted by Crippen LogP contribution is 2.20. The van der Waals surface area contributed by atoms with E-state index in [1.807, 2.05) is 21.0 Å². The highest BCUT2D eigenvalue weighted by molar-refractivity contribution is 4.75. The van der Waals surface area contributed by atoms with Crippen LogP contribution in [0.1, 0.15) is 19.8 Å². The Morgan fingerprint density at radius 2 is 2.00 bits per heavy atom. The van der Waals surface area contributed by atoms with Gasteiger partial charge in [-0.25, -0.2) is 0 Å². The fraction of sp³-hybridized carbons (Fsp3) is 1.00. The van der Waals surface area contributed by atoms with Crippen molar-refractivity contribution in [1.82, 2.24) is 4.90 Å². The van der Waals surface area contributed by atoms with Gasteiger partial charge in [0.15, 0.2) is 6.29 Å². The number of nitrogens with zero attached hydrogens (tertiary/aromatic N) is 1. The predicted molar refractivity (Wildman–Crippen MR) is 43.3 cm³/mol. The highest BCUT2D eigenvalue weighted by atomic mass is 16.6. The molecule has 1 rings (SSSR count). The molecule has 3 heteroatoms. The first-order valence-electron chi connectivity index (χ1n) is 4.09. The average molecular weight is 159 g/mol. The van der Waals surface area contributed by atoms with E-state index in [0.29, 0.717) is 6.04 Å². The zero-order valence-corrected chi connectivity index (χ0v) is 7.45. The fourth-order valence-corrected chi connectivity index (χ4v) is 1.51. The normalized spacial score (nSPS) is 39.5. The van der Waals surface area contributed by atoms with Gasteiger partial charge in [-0.15, -0.1) is 0 Å². The molecule has 0 spiro atoms. The highest BCUT2D eigenvalue weighted by Gasteiger charge is 2.26. The van der Waals surface area contributed by atoms with E-state index < -0.39 is 6.29 Å². The lowest BCUT2D eigenvalue weighted by Crippen LogP contribution is -2.41. The van der Waals surface area contributed by atoms with Gasteiger partial charge in [0.05, 0.1) is 6.10 Å².